The fourth-order valence-corrected chi connectivity index (χ4v) is 3.48. The molecule has 1 atom stereocenters. The molecule has 0 N–H and O–H groups in total. The molecule has 1 fully saturated rings. The summed E-state index contributed by atoms with van der Waals surface area (Å²) in [4.78, 5) is 28.8. The second kappa shape index (κ2) is 7.39. The smallest absolute Gasteiger partial charge is 0.271 e. The standard InChI is InChI=1S/C20H19IN2O2/c1-22-17(12-14-8-4-3-5-9-14)19(24)23(2)18(20(22)25)13-15-10-6-7-11-16(15)21/h3-11,13,17H,12H2,1-2H3/b18-13-. The SMILES string of the molecule is CN1C(=O)C(Cc2ccccc2)N(C)C(=O)/C1=C/c1ccccc1I. The number of carbonyl (C=O) groups is 2. The summed E-state index contributed by atoms with van der Waals surface area (Å²) < 4.78 is 1.04. The van der Waals surface area contributed by atoms with Crippen LogP contribution in [0.3, 0.4) is 0 Å². The van der Waals surface area contributed by atoms with Gasteiger partial charge in [0.1, 0.15) is 11.7 Å². The van der Waals surface area contributed by atoms with Crippen molar-refractivity contribution in [3.63, 3.8) is 0 Å². The van der Waals surface area contributed by atoms with Crippen LogP contribution in [0, 0.1) is 3.57 Å². The number of benzene rings is 2. The van der Waals surface area contributed by atoms with Gasteiger partial charge in [0, 0.05) is 24.1 Å². The van der Waals surface area contributed by atoms with Gasteiger partial charge >= 0.3 is 0 Å². The molecule has 0 radical (unpaired) electrons. The Hall–Kier alpha value is -2.15. The van der Waals surface area contributed by atoms with E-state index < -0.39 is 6.04 Å². The molecule has 0 aromatic heterocycles. The molecule has 1 aliphatic heterocycles. The highest BCUT2D eigenvalue weighted by atomic mass is 127. The van der Waals surface area contributed by atoms with E-state index in [-0.39, 0.29) is 11.8 Å². The topological polar surface area (TPSA) is 40.6 Å². The summed E-state index contributed by atoms with van der Waals surface area (Å²) >= 11 is 2.23. The lowest BCUT2D eigenvalue weighted by atomic mass is 10.00. The predicted molar refractivity (Wildman–Crippen MR) is 107 cm³/mol. The lowest BCUT2D eigenvalue weighted by molar-refractivity contribution is -0.148. The fraction of sp³-hybridized carbons (Fsp3) is 0.200. The number of halogens is 1. The molecule has 1 aliphatic rings. The first-order valence-electron chi connectivity index (χ1n) is 8.04. The summed E-state index contributed by atoms with van der Waals surface area (Å²) in [6.45, 7) is 0. The number of likely N-dealkylation sites (N-methyl/N-ethyl adjacent to an activating group) is 2. The first-order chi connectivity index (χ1) is 12.0. The van der Waals surface area contributed by atoms with E-state index in [1.807, 2.05) is 54.6 Å². The summed E-state index contributed by atoms with van der Waals surface area (Å²) in [7, 11) is 3.37. The second-order valence-corrected chi connectivity index (χ2v) is 7.23. The van der Waals surface area contributed by atoms with Crippen molar-refractivity contribution < 1.29 is 9.59 Å². The Bertz CT molecular complexity index is 833. The molecule has 2 aromatic carbocycles. The number of hydrogen-bond donors (Lipinski definition) is 0. The molecule has 128 valence electrons. The molecular weight excluding hydrogens is 427 g/mol. The molecule has 2 amide bonds. The molecule has 3 rings (SSSR count). The summed E-state index contributed by atoms with van der Waals surface area (Å²) in [6.07, 6.45) is 2.31. The number of rotatable bonds is 3. The van der Waals surface area contributed by atoms with E-state index >= 15 is 0 Å². The molecule has 0 saturated carbocycles. The third-order valence-electron chi connectivity index (χ3n) is 4.45. The van der Waals surface area contributed by atoms with E-state index in [1.165, 1.54) is 4.90 Å². The average molecular weight is 446 g/mol. The van der Waals surface area contributed by atoms with Crippen LogP contribution in [-0.2, 0) is 16.0 Å². The summed E-state index contributed by atoms with van der Waals surface area (Å²) in [6, 6.07) is 17.1. The lowest BCUT2D eigenvalue weighted by Gasteiger charge is -2.38. The minimum atomic E-state index is -0.480. The fourth-order valence-electron chi connectivity index (χ4n) is 2.93. The van der Waals surface area contributed by atoms with Gasteiger partial charge < -0.3 is 9.80 Å². The Labute approximate surface area is 161 Å². The van der Waals surface area contributed by atoms with E-state index in [0.717, 1.165) is 14.7 Å². The summed E-state index contributed by atoms with van der Waals surface area (Å²) in [5, 5.41) is 0. The van der Waals surface area contributed by atoms with E-state index in [0.29, 0.717) is 12.1 Å². The normalized spacial score (nSPS) is 19.6. The van der Waals surface area contributed by atoms with Crippen LogP contribution >= 0.6 is 22.6 Å². The predicted octanol–water partition coefficient (Wildman–Crippen LogP) is 3.17. The monoisotopic (exact) mass is 446 g/mol. The molecule has 0 aliphatic carbocycles. The van der Waals surface area contributed by atoms with Crippen molar-refractivity contribution in [2.24, 2.45) is 0 Å². The van der Waals surface area contributed by atoms with Gasteiger partial charge in [-0.25, -0.2) is 0 Å². The van der Waals surface area contributed by atoms with Crippen molar-refractivity contribution in [2.45, 2.75) is 12.5 Å². The van der Waals surface area contributed by atoms with E-state index in [1.54, 1.807) is 25.1 Å². The zero-order chi connectivity index (χ0) is 18.0. The van der Waals surface area contributed by atoms with E-state index in [4.69, 9.17) is 0 Å². The first-order valence-corrected chi connectivity index (χ1v) is 9.12. The van der Waals surface area contributed by atoms with Crippen LogP contribution in [0.5, 0.6) is 0 Å². The van der Waals surface area contributed by atoms with Crippen LogP contribution in [0.1, 0.15) is 11.1 Å². The van der Waals surface area contributed by atoms with Gasteiger partial charge in [0.25, 0.3) is 5.91 Å². The van der Waals surface area contributed by atoms with Gasteiger partial charge in [-0.05, 0) is 45.9 Å². The number of hydrogen-bond acceptors (Lipinski definition) is 2. The second-order valence-electron chi connectivity index (χ2n) is 6.07. The van der Waals surface area contributed by atoms with Crippen LogP contribution in [0.2, 0.25) is 0 Å². The third-order valence-corrected chi connectivity index (χ3v) is 5.44. The summed E-state index contributed by atoms with van der Waals surface area (Å²) in [5.41, 5.74) is 2.38. The molecule has 5 heteroatoms. The zero-order valence-electron chi connectivity index (χ0n) is 14.1. The van der Waals surface area contributed by atoms with Crippen LogP contribution in [-0.4, -0.2) is 41.8 Å². The Morgan fingerprint density at radius 3 is 2.32 bits per heavy atom. The average Bonchev–Trinajstić information content (AvgIpc) is 2.63. The first kappa shape index (κ1) is 17.7. The molecule has 1 unspecified atom stereocenters. The number of amides is 2. The Balaban J connectivity index is 1.91. The quantitative estimate of drug-likeness (QED) is 0.537. The minimum Gasteiger partial charge on any atom is -0.328 e. The highest BCUT2D eigenvalue weighted by Crippen LogP contribution is 2.24. The van der Waals surface area contributed by atoms with Crippen molar-refractivity contribution in [1.29, 1.82) is 0 Å². The van der Waals surface area contributed by atoms with Gasteiger partial charge in [-0.3, -0.25) is 9.59 Å². The Morgan fingerprint density at radius 1 is 1.00 bits per heavy atom. The van der Waals surface area contributed by atoms with Gasteiger partial charge in [0.2, 0.25) is 5.91 Å². The lowest BCUT2D eigenvalue weighted by Crippen LogP contribution is -2.56. The molecule has 0 spiro atoms. The Kier molecular flexibility index (Phi) is 5.22. The van der Waals surface area contributed by atoms with Crippen LogP contribution in [0.25, 0.3) is 6.08 Å². The molecular formula is C20H19IN2O2. The summed E-state index contributed by atoms with van der Waals surface area (Å²) in [5.74, 6) is -0.203. The van der Waals surface area contributed by atoms with Gasteiger partial charge in [0.15, 0.2) is 0 Å². The molecule has 1 heterocycles. The van der Waals surface area contributed by atoms with Crippen molar-refractivity contribution in [3.05, 3.63) is 75.0 Å². The van der Waals surface area contributed by atoms with Gasteiger partial charge in [-0.1, -0.05) is 48.5 Å². The zero-order valence-corrected chi connectivity index (χ0v) is 16.3. The number of piperazine rings is 1. The molecule has 25 heavy (non-hydrogen) atoms. The maximum atomic E-state index is 12.9. The molecule has 1 saturated heterocycles. The van der Waals surface area contributed by atoms with Crippen molar-refractivity contribution in [2.75, 3.05) is 14.1 Å². The number of carbonyl (C=O) groups excluding carboxylic acids is 2. The minimum absolute atomic E-state index is 0.0665. The molecule has 4 nitrogen and oxygen atoms in total. The third kappa shape index (κ3) is 3.61. The molecule has 2 aromatic rings. The van der Waals surface area contributed by atoms with Crippen LogP contribution in [0.15, 0.2) is 60.3 Å². The van der Waals surface area contributed by atoms with E-state index in [2.05, 4.69) is 22.6 Å². The van der Waals surface area contributed by atoms with E-state index in [9.17, 15) is 9.59 Å². The van der Waals surface area contributed by atoms with Crippen molar-refractivity contribution in [1.82, 2.24) is 9.80 Å². The highest BCUT2D eigenvalue weighted by molar-refractivity contribution is 14.1. The maximum Gasteiger partial charge on any atom is 0.271 e. The molecule has 0 bridgehead atoms. The number of nitrogens with zero attached hydrogens (tertiary/aromatic N) is 2. The van der Waals surface area contributed by atoms with Crippen molar-refractivity contribution >= 4 is 40.5 Å². The highest BCUT2D eigenvalue weighted by Gasteiger charge is 2.39. The van der Waals surface area contributed by atoms with Gasteiger partial charge in [0.05, 0.1) is 0 Å². The van der Waals surface area contributed by atoms with Crippen LogP contribution < -0.4 is 0 Å². The van der Waals surface area contributed by atoms with Crippen LogP contribution in [0.4, 0.5) is 0 Å². The van der Waals surface area contributed by atoms with Crippen molar-refractivity contribution in [3.8, 4) is 0 Å². The van der Waals surface area contributed by atoms with Gasteiger partial charge in [-0.15, -0.1) is 0 Å². The Morgan fingerprint density at radius 2 is 1.64 bits per heavy atom. The largest absolute Gasteiger partial charge is 0.328 e. The van der Waals surface area contributed by atoms with Gasteiger partial charge in [-0.2, -0.15) is 0 Å². The maximum absolute atomic E-state index is 12.9.